The van der Waals surface area contributed by atoms with E-state index in [-0.39, 0.29) is 45.2 Å². The number of allylic oxidation sites excluding steroid dienone is 1. The smallest absolute Gasteiger partial charge is 0.410 e. The van der Waals surface area contributed by atoms with E-state index in [9.17, 15) is 24.0 Å². The number of benzene rings is 1. The summed E-state index contributed by atoms with van der Waals surface area (Å²) in [5.41, 5.74) is -0.354. The van der Waals surface area contributed by atoms with Crippen molar-refractivity contribution in [3.63, 3.8) is 0 Å². The lowest BCUT2D eigenvalue weighted by Crippen LogP contribution is -2.56. The molecule has 0 aromatic heterocycles. The molecule has 0 spiro atoms. The molecule has 2 N–H and O–H groups in total. The zero-order valence-corrected chi connectivity index (χ0v) is 30.0. The molecule has 4 amide bonds. The molecule has 3 heterocycles. The lowest BCUT2D eigenvalue weighted by Gasteiger charge is -2.30. The summed E-state index contributed by atoms with van der Waals surface area (Å²) in [6, 6.07) is 1.56. The molecule has 1 aliphatic carbocycles. The molecule has 51 heavy (non-hydrogen) atoms. The average Bonchev–Trinajstić information content (AvgIpc) is 3.45. The number of alkyl carbamates (subject to hydrolysis) is 1. The van der Waals surface area contributed by atoms with Gasteiger partial charge >= 0.3 is 18.2 Å². The molecule has 14 nitrogen and oxygen atoms in total. The molecule has 0 unspecified atom stereocenters. The molecule has 0 bridgehead atoms. The van der Waals surface area contributed by atoms with Crippen LogP contribution in [0.2, 0.25) is 0 Å². The molecule has 5 rings (SSSR count). The molecule has 1 saturated carbocycles. The van der Waals surface area contributed by atoms with Crippen LogP contribution in [0.15, 0.2) is 37.4 Å². The van der Waals surface area contributed by atoms with Crippen molar-refractivity contribution >= 4 is 30.0 Å². The van der Waals surface area contributed by atoms with Crippen molar-refractivity contribution in [3.8, 4) is 11.5 Å². The van der Waals surface area contributed by atoms with Gasteiger partial charge in [0.25, 0.3) is 0 Å². The van der Waals surface area contributed by atoms with Gasteiger partial charge in [-0.2, -0.15) is 0 Å². The third-order valence-electron chi connectivity index (χ3n) is 9.50. The second-order valence-electron chi connectivity index (χ2n) is 14.4. The molecule has 1 saturated heterocycles. The second-order valence-corrected chi connectivity index (χ2v) is 14.4. The first-order valence-corrected chi connectivity index (χ1v) is 17.7. The number of carbonyl (C=O) groups excluding carboxylic acids is 5. The Hall–Kier alpha value is -4.75. The van der Waals surface area contributed by atoms with Gasteiger partial charge in [0.05, 0.1) is 19.7 Å². The van der Waals surface area contributed by atoms with E-state index < -0.39 is 59.3 Å². The van der Waals surface area contributed by atoms with Crippen molar-refractivity contribution in [2.45, 2.75) is 115 Å². The summed E-state index contributed by atoms with van der Waals surface area (Å²) < 4.78 is 27.8. The van der Waals surface area contributed by atoms with Crippen LogP contribution in [0.3, 0.4) is 0 Å². The SMILES string of the molecule is C=CCCCCC[C@H](NC(=O)OC(C)(C)C)C(=O)N1C[C@H](OC(=O)N2Cc3ccc4c(c3C2)OCO4)C[C@H]1C(=O)N[C@]1(C(=O)OCC)C[C@H]1C=C. The molecule has 14 heteroatoms. The van der Waals surface area contributed by atoms with Gasteiger partial charge in [0, 0.05) is 24.4 Å². The van der Waals surface area contributed by atoms with Crippen molar-refractivity contribution in [2.75, 3.05) is 19.9 Å². The van der Waals surface area contributed by atoms with Crippen LogP contribution < -0.4 is 20.1 Å². The summed E-state index contributed by atoms with van der Waals surface area (Å²) in [5, 5.41) is 5.56. The standard InChI is InChI=1S/C37H50N4O10/c1-7-10-11-12-13-14-27(38-34(45)51-36(4,5)6)32(43)41-20-25(17-28(41)31(42)39-37(18-24(37)8-2)33(44)47-9-3)50-35(46)40-19-23-15-16-29-30(26(23)21-40)49-22-48-29/h7-8,15-16,24-25,27-28H,1-2,9-14,17-22H2,3-6H3,(H,38,45)(H,39,42)/t24-,25-,27+,28+,37-/m1/s1. The van der Waals surface area contributed by atoms with Crippen LogP contribution in [0.25, 0.3) is 0 Å². The Morgan fingerprint density at radius 1 is 1.10 bits per heavy atom. The van der Waals surface area contributed by atoms with Gasteiger partial charge in [-0.05, 0) is 65.0 Å². The van der Waals surface area contributed by atoms with Crippen LogP contribution in [0.1, 0.15) is 83.8 Å². The molecule has 4 aliphatic rings. The Morgan fingerprint density at radius 2 is 1.88 bits per heavy atom. The number of fused-ring (bicyclic) bond motifs is 3. The molecule has 278 valence electrons. The first kappa shape index (κ1) is 37.5. The highest BCUT2D eigenvalue weighted by Gasteiger charge is 2.62. The number of nitrogens with zero attached hydrogens (tertiary/aromatic N) is 2. The summed E-state index contributed by atoms with van der Waals surface area (Å²) in [5.74, 6) is -0.815. The first-order chi connectivity index (χ1) is 24.3. The number of amides is 4. The van der Waals surface area contributed by atoms with Gasteiger partial charge in [-0.15, -0.1) is 13.2 Å². The summed E-state index contributed by atoms with van der Waals surface area (Å²) in [7, 11) is 0. The normalized spacial score (nSPS) is 23.5. The minimum absolute atomic E-state index is 0.0212. The fraction of sp³-hybridized carbons (Fsp3) is 0.595. The number of carbonyl (C=O) groups is 5. The van der Waals surface area contributed by atoms with Crippen LogP contribution in [0.4, 0.5) is 9.59 Å². The Bertz CT molecular complexity index is 1540. The number of ether oxygens (including phenoxy) is 5. The van der Waals surface area contributed by atoms with E-state index in [1.165, 1.54) is 9.80 Å². The lowest BCUT2D eigenvalue weighted by molar-refractivity contribution is -0.150. The molecule has 1 aromatic rings. The van der Waals surface area contributed by atoms with Crippen LogP contribution >= 0.6 is 0 Å². The topological polar surface area (TPSA) is 162 Å². The van der Waals surface area contributed by atoms with Gasteiger partial charge in [0.15, 0.2) is 11.5 Å². The molecule has 2 fully saturated rings. The van der Waals surface area contributed by atoms with E-state index in [1.807, 2.05) is 12.1 Å². The second kappa shape index (κ2) is 15.6. The Morgan fingerprint density at radius 3 is 2.57 bits per heavy atom. The monoisotopic (exact) mass is 710 g/mol. The number of esters is 1. The van der Waals surface area contributed by atoms with Crippen LogP contribution in [0, 0.1) is 5.92 Å². The zero-order chi connectivity index (χ0) is 36.9. The summed E-state index contributed by atoms with van der Waals surface area (Å²) in [4.78, 5) is 70.7. The minimum Gasteiger partial charge on any atom is -0.464 e. The number of likely N-dealkylation sites (tertiary alicyclic amines) is 1. The predicted octanol–water partition coefficient (Wildman–Crippen LogP) is 4.49. The molecule has 1 aromatic carbocycles. The molecule has 0 radical (unpaired) electrons. The van der Waals surface area contributed by atoms with Crippen molar-refractivity contribution in [3.05, 3.63) is 48.6 Å². The van der Waals surface area contributed by atoms with Crippen LogP contribution in [-0.4, -0.2) is 89.0 Å². The maximum absolute atomic E-state index is 14.3. The zero-order valence-electron chi connectivity index (χ0n) is 30.0. The highest BCUT2D eigenvalue weighted by Crippen LogP contribution is 2.46. The minimum atomic E-state index is -1.30. The van der Waals surface area contributed by atoms with E-state index in [0.717, 1.165) is 30.4 Å². The Labute approximate surface area is 298 Å². The molecular formula is C37H50N4O10. The summed E-state index contributed by atoms with van der Waals surface area (Å²) >= 11 is 0. The third kappa shape index (κ3) is 8.59. The van der Waals surface area contributed by atoms with E-state index in [1.54, 1.807) is 39.8 Å². The number of rotatable bonds is 14. The highest BCUT2D eigenvalue weighted by molar-refractivity contribution is 5.96. The highest BCUT2D eigenvalue weighted by atomic mass is 16.7. The Kier molecular flexibility index (Phi) is 11.5. The Balaban J connectivity index is 1.35. The maximum Gasteiger partial charge on any atom is 0.410 e. The van der Waals surface area contributed by atoms with Crippen molar-refractivity contribution in [1.29, 1.82) is 0 Å². The first-order valence-electron chi connectivity index (χ1n) is 17.7. The fourth-order valence-corrected chi connectivity index (χ4v) is 6.85. The van der Waals surface area contributed by atoms with Gasteiger partial charge in [-0.25, -0.2) is 14.4 Å². The number of unbranched alkanes of at least 4 members (excludes halogenated alkanes) is 3. The van der Waals surface area contributed by atoms with Crippen molar-refractivity contribution in [2.24, 2.45) is 5.92 Å². The van der Waals surface area contributed by atoms with Gasteiger partial charge in [0.1, 0.15) is 29.3 Å². The van der Waals surface area contributed by atoms with E-state index in [2.05, 4.69) is 23.8 Å². The fourth-order valence-electron chi connectivity index (χ4n) is 6.85. The predicted molar refractivity (Wildman–Crippen MR) is 184 cm³/mol. The van der Waals surface area contributed by atoms with Gasteiger partial charge in [-0.1, -0.05) is 31.1 Å². The molecule has 5 atom stereocenters. The third-order valence-corrected chi connectivity index (χ3v) is 9.50. The van der Waals surface area contributed by atoms with Crippen molar-refractivity contribution in [1.82, 2.24) is 20.4 Å². The van der Waals surface area contributed by atoms with E-state index in [4.69, 9.17) is 23.7 Å². The number of hydrogen-bond acceptors (Lipinski definition) is 10. The van der Waals surface area contributed by atoms with Gasteiger partial charge in [-0.3, -0.25) is 14.5 Å². The van der Waals surface area contributed by atoms with Gasteiger partial charge < -0.3 is 39.2 Å². The summed E-state index contributed by atoms with van der Waals surface area (Å²) in [6.07, 6.45) is 4.85. The van der Waals surface area contributed by atoms with Crippen molar-refractivity contribution < 1.29 is 47.7 Å². The van der Waals surface area contributed by atoms with Crippen LogP contribution in [0.5, 0.6) is 11.5 Å². The van der Waals surface area contributed by atoms with Crippen LogP contribution in [-0.2, 0) is 41.7 Å². The van der Waals surface area contributed by atoms with E-state index >= 15 is 0 Å². The molecular weight excluding hydrogens is 660 g/mol. The number of nitrogens with one attached hydrogen (secondary N) is 2. The largest absolute Gasteiger partial charge is 0.464 e. The lowest BCUT2D eigenvalue weighted by atomic mass is 10.0. The molecule has 3 aliphatic heterocycles. The van der Waals surface area contributed by atoms with E-state index in [0.29, 0.717) is 30.9 Å². The van der Waals surface area contributed by atoms with Gasteiger partial charge in [0.2, 0.25) is 18.6 Å². The average molecular weight is 711 g/mol. The number of hydrogen-bond donors (Lipinski definition) is 2. The quantitative estimate of drug-likeness (QED) is 0.122. The maximum atomic E-state index is 14.3. The summed E-state index contributed by atoms with van der Waals surface area (Å²) in [6.45, 7) is 15.1.